The minimum Gasteiger partial charge on any atom is -0.496 e. The summed E-state index contributed by atoms with van der Waals surface area (Å²) in [7, 11) is 1.66. The number of nitrogens with one attached hydrogen (secondary N) is 1. The van der Waals surface area contributed by atoms with Gasteiger partial charge >= 0.3 is 0 Å². The molecule has 0 radical (unpaired) electrons. The lowest BCUT2D eigenvalue weighted by Crippen LogP contribution is -2.34. The molecule has 17 heavy (non-hydrogen) atoms. The quantitative estimate of drug-likeness (QED) is 0.800. The lowest BCUT2D eigenvalue weighted by atomic mass is 10.1. The predicted molar refractivity (Wildman–Crippen MR) is 74.2 cm³/mol. The second-order valence-electron chi connectivity index (χ2n) is 4.34. The van der Waals surface area contributed by atoms with Gasteiger partial charge in [0.15, 0.2) is 0 Å². The van der Waals surface area contributed by atoms with Gasteiger partial charge in [-0.2, -0.15) is 0 Å². The van der Waals surface area contributed by atoms with Crippen LogP contribution in [0.25, 0.3) is 0 Å². The predicted octanol–water partition coefficient (Wildman–Crippen LogP) is 3.70. The molecule has 0 aliphatic rings. The highest BCUT2D eigenvalue weighted by Gasteiger charge is 2.12. The molecule has 0 amide bonds. The highest BCUT2D eigenvalue weighted by atomic mass is 35.5. The van der Waals surface area contributed by atoms with Crippen LogP contribution >= 0.6 is 23.2 Å². The molecule has 0 heterocycles. The molecule has 1 aromatic rings. The molecule has 0 aliphatic heterocycles. The smallest absolute Gasteiger partial charge is 0.123 e. The van der Waals surface area contributed by atoms with Crippen LogP contribution in [0.5, 0.6) is 5.75 Å². The average Bonchev–Trinajstić information content (AvgIpc) is 2.29. The van der Waals surface area contributed by atoms with E-state index in [0.717, 1.165) is 16.3 Å². The van der Waals surface area contributed by atoms with Gasteiger partial charge in [-0.1, -0.05) is 25.4 Å². The van der Waals surface area contributed by atoms with Crippen molar-refractivity contribution in [2.75, 3.05) is 13.0 Å². The Hall–Kier alpha value is -0.440. The lowest BCUT2D eigenvalue weighted by Gasteiger charge is -2.20. The number of halogens is 2. The maximum Gasteiger partial charge on any atom is 0.123 e. The van der Waals surface area contributed by atoms with Crippen LogP contribution in [-0.4, -0.2) is 19.0 Å². The van der Waals surface area contributed by atoms with Crippen LogP contribution in [0.15, 0.2) is 18.2 Å². The van der Waals surface area contributed by atoms with E-state index in [-0.39, 0.29) is 0 Å². The van der Waals surface area contributed by atoms with Crippen molar-refractivity contribution in [2.24, 2.45) is 5.92 Å². The summed E-state index contributed by atoms with van der Waals surface area (Å²) in [4.78, 5) is 0. The molecule has 0 aromatic heterocycles. The van der Waals surface area contributed by atoms with Crippen LogP contribution in [0, 0.1) is 5.92 Å². The molecule has 1 atom stereocenters. The summed E-state index contributed by atoms with van der Waals surface area (Å²) in [5.41, 5.74) is 1.05. The first-order chi connectivity index (χ1) is 8.08. The zero-order chi connectivity index (χ0) is 12.8. The van der Waals surface area contributed by atoms with Gasteiger partial charge in [-0.05, 0) is 24.1 Å². The number of hydrogen-bond donors (Lipinski definition) is 1. The molecular weight excluding hydrogens is 257 g/mol. The minimum atomic E-state index is 0.292. The SMILES string of the molecule is COc1ccc(Cl)cc1CNC(CCl)C(C)C. The molecule has 1 rings (SSSR count). The van der Waals surface area contributed by atoms with Crippen LogP contribution in [0.3, 0.4) is 0 Å². The lowest BCUT2D eigenvalue weighted by molar-refractivity contribution is 0.396. The van der Waals surface area contributed by atoms with Crippen molar-refractivity contribution < 1.29 is 4.74 Å². The highest BCUT2D eigenvalue weighted by molar-refractivity contribution is 6.30. The molecule has 0 saturated heterocycles. The van der Waals surface area contributed by atoms with E-state index in [1.54, 1.807) is 7.11 Å². The molecule has 96 valence electrons. The highest BCUT2D eigenvalue weighted by Crippen LogP contribution is 2.22. The fourth-order valence-corrected chi connectivity index (χ4v) is 2.25. The Labute approximate surface area is 113 Å². The second-order valence-corrected chi connectivity index (χ2v) is 5.09. The number of alkyl halides is 1. The monoisotopic (exact) mass is 275 g/mol. The Morgan fingerprint density at radius 1 is 1.35 bits per heavy atom. The maximum atomic E-state index is 5.98. The Morgan fingerprint density at radius 2 is 2.06 bits per heavy atom. The number of methoxy groups -OCH3 is 1. The molecule has 0 spiro atoms. The molecular formula is C13H19Cl2NO. The summed E-state index contributed by atoms with van der Waals surface area (Å²) in [5.74, 6) is 1.94. The van der Waals surface area contributed by atoms with Crippen LogP contribution in [0.1, 0.15) is 19.4 Å². The van der Waals surface area contributed by atoms with Crippen molar-refractivity contribution in [3.63, 3.8) is 0 Å². The topological polar surface area (TPSA) is 21.3 Å². The number of rotatable bonds is 6. The zero-order valence-electron chi connectivity index (χ0n) is 10.5. The zero-order valence-corrected chi connectivity index (χ0v) is 12.0. The Balaban J connectivity index is 2.70. The minimum absolute atomic E-state index is 0.292. The van der Waals surface area contributed by atoms with Crippen LogP contribution in [0.4, 0.5) is 0 Å². The summed E-state index contributed by atoms with van der Waals surface area (Å²) < 4.78 is 5.30. The summed E-state index contributed by atoms with van der Waals surface area (Å²) in [6.45, 7) is 5.00. The second kappa shape index (κ2) is 7.10. The molecule has 1 unspecified atom stereocenters. The third kappa shape index (κ3) is 4.38. The Kier molecular flexibility index (Phi) is 6.10. The largest absolute Gasteiger partial charge is 0.496 e. The van der Waals surface area contributed by atoms with Gasteiger partial charge in [-0.3, -0.25) is 0 Å². The van der Waals surface area contributed by atoms with E-state index in [9.17, 15) is 0 Å². The van der Waals surface area contributed by atoms with Crippen LogP contribution in [-0.2, 0) is 6.54 Å². The fourth-order valence-electron chi connectivity index (χ4n) is 1.59. The van der Waals surface area contributed by atoms with Gasteiger partial charge < -0.3 is 10.1 Å². The van der Waals surface area contributed by atoms with Crippen molar-refractivity contribution in [2.45, 2.75) is 26.4 Å². The number of benzene rings is 1. The van der Waals surface area contributed by atoms with E-state index in [1.807, 2.05) is 18.2 Å². The number of ether oxygens (including phenoxy) is 1. The van der Waals surface area contributed by atoms with Crippen molar-refractivity contribution in [1.82, 2.24) is 5.32 Å². The first-order valence-electron chi connectivity index (χ1n) is 5.70. The maximum absolute atomic E-state index is 5.98. The van der Waals surface area contributed by atoms with Gasteiger partial charge in [0.2, 0.25) is 0 Å². The van der Waals surface area contributed by atoms with E-state index in [2.05, 4.69) is 19.2 Å². The standard InChI is InChI=1S/C13H19Cl2NO/c1-9(2)12(7-14)16-8-10-6-11(15)4-5-13(10)17-3/h4-6,9,12,16H,7-8H2,1-3H3. The first kappa shape index (κ1) is 14.6. The van der Waals surface area contributed by atoms with Gasteiger partial charge in [0, 0.05) is 29.1 Å². The molecule has 1 N–H and O–H groups in total. The van der Waals surface area contributed by atoms with Gasteiger partial charge in [0.25, 0.3) is 0 Å². The molecule has 0 aliphatic carbocycles. The van der Waals surface area contributed by atoms with Crippen molar-refractivity contribution in [3.8, 4) is 5.75 Å². The van der Waals surface area contributed by atoms with Gasteiger partial charge in [0.05, 0.1) is 7.11 Å². The van der Waals surface area contributed by atoms with Gasteiger partial charge in [-0.15, -0.1) is 11.6 Å². The molecule has 0 bridgehead atoms. The third-order valence-electron chi connectivity index (χ3n) is 2.77. The average molecular weight is 276 g/mol. The Bertz CT molecular complexity index is 355. The summed E-state index contributed by atoms with van der Waals surface area (Å²) in [6.07, 6.45) is 0. The van der Waals surface area contributed by atoms with Crippen molar-refractivity contribution in [3.05, 3.63) is 28.8 Å². The van der Waals surface area contributed by atoms with E-state index >= 15 is 0 Å². The molecule has 2 nitrogen and oxygen atoms in total. The van der Waals surface area contributed by atoms with E-state index in [1.165, 1.54) is 0 Å². The van der Waals surface area contributed by atoms with Crippen LogP contribution < -0.4 is 10.1 Å². The molecule has 0 fully saturated rings. The Morgan fingerprint density at radius 3 is 2.59 bits per heavy atom. The van der Waals surface area contributed by atoms with Gasteiger partial charge in [0.1, 0.15) is 5.75 Å². The number of hydrogen-bond acceptors (Lipinski definition) is 2. The normalized spacial score (nSPS) is 12.8. The summed E-state index contributed by atoms with van der Waals surface area (Å²) >= 11 is 11.9. The van der Waals surface area contributed by atoms with Crippen molar-refractivity contribution >= 4 is 23.2 Å². The molecule has 4 heteroatoms. The van der Waals surface area contributed by atoms with E-state index < -0.39 is 0 Å². The van der Waals surface area contributed by atoms with Gasteiger partial charge in [-0.25, -0.2) is 0 Å². The summed E-state index contributed by atoms with van der Waals surface area (Å²) in [5, 5.41) is 4.13. The van der Waals surface area contributed by atoms with Crippen molar-refractivity contribution in [1.29, 1.82) is 0 Å². The fraction of sp³-hybridized carbons (Fsp3) is 0.538. The summed E-state index contributed by atoms with van der Waals surface area (Å²) in [6, 6.07) is 5.91. The van der Waals surface area contributed by atoms with E-state index in [4.69, 9.17) is 27.9 Å². The third-order valence-corrected chi connectivity index (χ3v) is 3.34. The molecule has 0 saturated carbocycles. The van der Waals surface area contributed by atoms with Crippen LogP contribution in [0.2, 0.25) is 5.02 Å². The van der Waals surface area contributed by atoms with E-state index in [0.29, 0.717) is 24.4 Å². The molecule has 1 aromatic carbocycles. The first-order valence-corrected chi connectivity index (χ1v) is 6.61.